The minimum atomic E-state index is -2.53. The molecule has 2 rings (SSSR count). The van der Waals surface area contributed by atoms with E-state index in [0.29, 0.717) is 12.3 Å². The van der Waals surface area contributed by atoms with Crippen LogP contribution in [0.5, 0.6) is 5.75 Å². The van der Waals surface area contributed by atoms with Crippen molar-refractivity contribution in [3.8, 4) is 11.8 Å². The number of nitrogens with one attached hydrogen (secondary N) is 1. The topological polar surface area (TPSA) is 45.0 Å². The number of ether oxygens (including phenoxy) is 1. The Morgan fingerprint density at radius 2 is 2.00 bits per heavy atom. The molecule has 3 nitrogen and oxygen atoms in total. The zero-order valence-electron chi connectivity index (χ0n) is 11.5. The Morgan fingerprint density at radius 3 is 2.68 bits per heavy atom. The number of anilines is 1. The summed E-state index contributed by atoms with van der Waals surface area (Å²) in [6, 6.07) is 12.6. The Hall–Kier alpha value is -2.68. The molecule has 0 radical (unpaired) electrons. The van der Waals surface area contributed by atoms with E-state index < -0.39 is 18.8 Å². The molecule has 1 N–H and O–H groups in total. The van der Waals surface area contributed by atoms with Crippen molar-refractivity contribution in [1.29, 1.82) is 5.26 Å². The monoisotopic (exact) mass is 306 g/mol. The van der Waals surface area contributed by atoms with E-state index >= 15 is 0 Å². The van der Waals surface area contributed by atoms with Crippen LogP contribution in [0.2, 0.25) is 0 Å². The maximum atomic E-state index is 13.7. The van der Waals surface area contributed by atoms with Crippen molar-refractivity contribution in [2.45, 2.75) is 13.0 Å². The van der Waals surface area contributed by atoms with Crippen LogP contribution in [-0.2, 0) is 6.54 Å². The van der Waals surface area contributed by atoms with Crippen LogP contribution in [0.4, 0.5) is 18.9 Å². The van der Waals surface area contributed by atoms with E-state index in [4.69, 9.17) is 10.00 Å². The van der Waals surface area contributed by atoms with E-state index in [1.807, 2.05) is 6.07 Å². The van der Waals surface area contributed by atoms with Crippen LogP contribution in [0.1, 0.15) is 11.1 Å². The maximum absolute atomic E-state index is 13.7. The Labute approximate surface area is 126 Å². The lowest BCUT2D eigenvalue weighted by Gasteiger charge is -2.10. The second kappa shape index (κ2) is 7.36. The lowest BCUT2D eigenvalue weighted by molar-refractivity contribution is 0.0818. The predicted molar refractivity (Wildman–Crippen MR) is 76.4 cm³/mol. The summed E-state index contributed by atoms with van der Waals surface area (Å²) < 4.78 is 42.8. The highest BCUT2D eigenvalue weighted by Crippen LogP contribution is 2.18. The highest BCUT2D eigenvalue weighted by molar-refractivity contribution is 5.49. The fraction of sp³-hybridized carbons (Fsp3) is 0.188. The number of benzene rings is 2. The first-order valence-electron chi connectivity index (χ1n) is 6.52. The van der Waals surface area contributed by atoms with Gasteiger partial charge in [-0.3, -0.25) is 0 Å². The van der Waals surface area contributed by atoms with Gasteiger partial charge in [-0.25, -0.2) is 13.2 Å². The molecule has 0 atom stereocenters. The van der Waals surface area contributed by atoms with Gasteiger partial charge in [0, 0.05) is 6.54 Å². The number of hydrogen-bond donors (Lipinski definition) is 1. The Balaban J connectivity index is 1.99. The van der Waals surface area contributed by atoms with Crippen molar-refractivity contribution in [3.05, 3.63) is 59.4 Å². The van der Waals surface area contributed by atoms with Gasteiger partial charge in [-0.1, -0.05) is 12.1 Å². The van der Waals surface area contributed by atoms with Crippen molar-refractivity contribution in [2.24, 2.45) is 0 Å². The molecule has 0 aliphatic carbocycles. The molecule has 0 saturated heterocycles. The molecule has 2 aromatic carbocycles. The van der Waals surface area contributed by atoms with Crippen LogP contribution in [0.25, 0.3) is 0 Å². The Kier molecular flexibility index (Phi) is 5.26. The molecule has 22 heavy (non-hydrogen) atoms. The molecule has 0 unspecified atom stereocenters. The fourth-order valence-electron chi connectivity index (χ4n) is 1.83. The van der Waals surface area contributed by atoms with Crippen LogP contribution < -0.4 is 10.1 Å². The van der Waals surface area contributed by atoms with Gasteiger partial charge in [0.15, 0.2) is 0 Å². The van der Waals surface area contributed by atoms with Gasteiger partial charge in [-0.15, -0.1) is 0 Å². The second-order valence-corrected chi connectivity index (χ2v) is 4.51. The minimum absolute atomic E-state index is 0.241. The molecular weight excluding hydrogens is 293 g/mol. The third-order valence-electron chi connectivity index (χ3n) is 2.86. The molecule has 2 aromatic rings. The van der Waals surface area contributed by atoms with Crippen molar-refractivity contribution >= 4 is 5.69 Å². The van der Waals surface area contributed by atoms with Crippen molar-refractivity contribution in [3.63, 3.8) is 0 Å². The standard InChI is InChI=1S/C16H13F3N2O/c17-14-7-11(8-20)4-5-15(14)21-9-12-2-1-3-13(6-12)22-10-16(18)19/h1-7,16,21H,9-10H2. The number of nitriles is 1. The van der Waals surface area contributed by atoms with E-state index in [9.17, 15) is 13.2 Å². The number of rotatable bonds is 6. The highest BCUT2D eigenvalue weighted by Gasteiger charge is 2.06. The molecule has 0 heterocycles. The van der Waals surface area contributed by atoms with Crippen molar-refractivity contribution < 1.29 is 17.9 Å². The van der Waals surface area contributed by atoms with Crippen LogP contribution in [0.3, 0.4) is 0 Å². The summed E-state index contributed by atoms with van der Waals surface area (Å²) in [6.45, 7) is -0.365. The van der Waals surface area contributed by atoms with Gasteiger partial charge in [0.25, 0.3) is 6.43 Å². The van der Waals surface area contributed by atoms with Crippen LogP contribution in [0.15, 0.2) is 42.5 Å². The van der Waals surface area contributed by atoms with E-state index in [1.165, 1.54) is 12.1 Å². The lowest BCUT2D eigenvalue weighted by atomic mass is 10.2. The molecule has 0 saturated carbocycles. The summed E-state index contributed by atoms with van der Waals surface area (Å²) in [4.78, 5) is 0. The molecule has 0 aromatic heterocycles. The normalized spacial score (nSPS) is 10.3. The molecule has 0 aliphatic heterocycles. The molecule has 0 bridgehead atoms. The van der Waals surface area contributed by atoms with Crippen LogP contribution in [-0.4, -0.2) is 13.0 Å². The first-order valence-corrected chi connectivity index (χ1v) is 6.52. The first kappa shape index (κ1) is 15.7. The van der Waals surface area contributed by atoms with Crippen molar-refractivity contribution in [2.75, 3.05) is 11.9 Å². The summed E-state index contributed by atoms with van der Waals surface area (Å²) in [5.74, 6) is -0.191. The van der Waals surface area contributed by atoms with Gasteiger partial charge in [-0.05, 0) is 35.9 Å². The quantitative estimate of drug-likeness (QED) is 0.879. The van der Waals surface area contributed by atoms with Gasteiger partial charge >= 0.3 is 0 Å². The molecule has 0 spiro atoms. The number of halogens is 3. The van der Waals surface area contributed by atoms with Gasteiger partial charge in [-0.2, -0.15) is 5.26 Å². The number of nitrogens with zero attached hydrogens (tertiary/aromatic N) is 1. The average molecular weight is 306 g/mol. The number of alkyl halides is 2. The first-order chi connectivity index (χ1) is 10.6. The minimum Gasteiger partial charge on any atom is -0.488 e. The average Bonchev–Trinajstić information content (AvgIpc) is 2.52. The Bertz CT molecular complexity index is 683. The summed E-state index contributed by atoms with van der Waals surface area (Å²) in [5.41, 5.74) is 1.26. The molecule has 0 amide bonds. The van der Waals surface area contributed by atoms with E-state index in [1.54, 1.807) is 24.3 Å². The Morgan fingerprint density at radius 1 is 1.18 bits per heavy atom. The summed E-state index contributed by atoms with van der Waals surface area (Å²) >= 11 is 0. The predicted octanol–water partition coefficient (Wildman–Crippen LogP) is 3.95. The van der Waals surface area contributed by atoms with Gasteiger partial charge in [0.1, 0.15) is 18.2 Å². The zero-order chi connectivity index (χ0) is 15.9. The van der Waals surface area contributed by atoms with Gasteiger partial charge in [0.05, 0.1) is 17.3 Å². The van der Waals surface area contributed by atoms with Gasteiger partial charge < -0.3 is 10.1 Å². The zero-order valence-corrected chi connectivity index (χ0v) is 11.5. The fourth-order valence-corrected chi connectivity index (χ4v) is 1.83. The van der Waals surface area contributed by atoms with Crippen LogP contribution in [0, 0.1) is 17.1 Å². The maximum Gasteiger partial charge on any atom is 0.272 e. The number of hydrogen-bond acceptors (Lipinski definition) is 3. The second-order valence-electron chi connectivity index (χ2n) is 4.51. The summed E-state index contributed by atoms with van der Waals surface area (Å²) in [5, 5.41) is 11.6. The smallest absolute Gasteiger partial charge is 0.272 e. The largest absolute Gasteiger partial charge is 0.488 e. The van der Waals surface area contributed by atoms with E-state index in [-0.39, 0.29) is 11.3 Å². The third-order valence-corrected chi connectivity index (χ3v) is 2.86. The summed E-state index contributed by atoms with van der Waals surface area (Å²) in [7, 11) is 0. The SMILES string of the molecule is N#Cc1ccc(NCc2cccc(OCC(F)F)c2)c(F)c1. The van der Waals surface area contributed by atoms with Crippen molar-refractivity contribution in [1.82, 2.24) is 0 Å². The highest BCUT2D eigenvalue weighted by atomic mass is 19.3. The molecule has 0 aliphatic rings. The summed E-state index contributed by atoms with van der Waals surface area (Å²) in [6.07, 6.45) is -2.53. The molecule has 114 valence electrons. The molecule has 0 fully saturated rings. The van der Waals surface area contributed by atoms with E-state index in [2.05, 4.69) is 5.32 Å². The van der Waals surface area contributed by atoms with Crippen LogP contribution >= 0.6 is 0 Å². The third kappa shape index (κ3) is 4.42. The molecular formula is C16H13F3N2O. The van der Waals surface area contributed by atoms with Gasteiger partial charge in [0.2, 0.25) is 0 Å². The molecule has 6 heteroatoms. The lowest BCUT2D eigenvalue weighted by Crippen LogP contribution is -2.07. The van der Waals surface area contributed by atoms with E-state index in [0.717, 1.165) is 11.6 Å².